The van der Waals surface area contributed by atoms with Gasteiger partial charge in [-0.25, -0.2) is 4.79 Å². The maximum atomic E-state index is 11.4. The Bertz CT molecular complexity index is 355. The summed E-state index contributed by atoms with van der Waals surface area (Å²) in [7, 11) is 1.32. The van der Waals surface area contributed by atoms with Crippen LogP contribution < -0.4 is 5.73 Å². The van der Waals surface area contributed by atoms with E-state index in [9.17, 15) is 4.79 Å². The quantitative estimate of drug-likeness (QED) is 0.851. The van der Waals surface area contributed by atoms with E-state index in [1.807, 2.05) is 18.2 Å². The van der Waals surface area contributed by atoms with E-state index in [0.717, 1.165) is 4.47 Å². The predicted molar refractivity (Wildman–Crippen MR) is 64.9 cm³/mol. The lowest BCUT2D eigenvalue weighted by molar-refractivity contribution is -0.146. The topological polar surface area (TPSA) is 52.3 Å². The molecule has 15 heavy (non-hydrogen) atoms. The molecule has 1 aromatic rings. The number of hydrogen-bond acceptors (Lipinski definition) is 3. The van der Waals surface area contributed by atoms with E-state index in [4.69, 9.17) is 5.73 Å². The molecule has 0 aliphatic rings. The Morgan fingerprint density at radius 2 is 2.00 bits per heavy atom. The summed E-state index contributed by atoms with van der Waals surface area (Å²) in [6, 6.07) is 7.32. The first-order valence-corrected chi connectivity index (χ1v) is 4.91. The van der Waals surface area contributed by atoms with Crippen LogP contribution >= 0.6 is 28.3 Å². The third-order valence-corrected chi connectivity index (χ3v) is 2.73. The van der Waals surface area contributed by atoms with E-state index in [1.54, 1.807) is 13.0 Å². The molecule has 0 spiro atoms. The molecule has 0 aliphatic heterocycles. The Balaban J connectivity index is 0.00000196. The van der Waals surface area contributed by atoms with Gasteiger partial charge in [0.15, 0.2) is 0 Å². The van der Waals surface area contributed by atoms with Crippen molar-refractivity contribution in [3.05, 3.63) is 34.3 Å². The summed E-state index contributed by atoms with van der Waals surface area (Å²) in [6.45, 7) is 1.62. The van der Waals surface area contributed by atoms with Crippen molar-refractivity contribution in [1.29, 1.82) is 0 Å². The van der Waals surface area contributed by atoms with Crippen molar-refractivity contribution < 1.29 is 9.53 Å². The van der Waals surface area contributed by atoms with Gasteiger partial charge in [0.1, 0.15) is 5.54 Å². The Morgan fingerprint density at radius 1 is 1.47 bits per heavy atom. The number of halogens is 2. The number of nitrogens with two attached hydrogens (primary N) is 1. The van der Waals surface area contributed by atoms with Gasteiger partial charge >= 0.3 is 5.97 Å². The molecule has 1 unspecified atom stereocenters. The highest BCUT2D eigenvalue weighted by molar-refractivity contribution is 9.10. The van der Waals surface area contributed by atoms with Gasteiger partial charge in [-0.15, -0.1) is 12.4 Å². The van der Waals surface area contributed by atoms with Crippen LogP contribution in [-0.2, 0) is 15.1 Å². The van der Waals surface area contributed by atoms with Gasteiger partial charge in [0, 0.05) is 4.47 Å². The lowest BCUT2D eigenvalue weighted by atomic mass is 9.93. The number of carbonyl (C=O) groups excluding carboxylic acids is 1. The summed E-state index contributed by atoms with van der Waals surface area (Å²) in [5, 5.41) is 0. The van der Waals surface area contributed by atoms with Gasteiger partial charge in [-0.2, -0.15) is 0 Å². The average Bonchev–Trinajstić information content (AvgIpc) is 2.17. The minimum absolute atomic E-state index is 0. The van der Waals surface area contributed by atoms with Gasteiger partial charge in [-0.1, -0.05) is 34.1 Å². The van der Waals surface area contributed by atoms with Crippen molar-refractivity contribution in [2.24, 2.45) is 5.73 Å². The molecule has 1 aromatic carbocycles. The number of ether oxygens (including phenoxy) is 1. The van der Waals surface area contributed by atoms with Crippen LogP contribution in [0, 0.1) is 0 Å². The number of methoxy groups -OCH3 is 1. The van der Waals surface area contributed by atoms with Crippen molar-refractivity contribution in [1.82, 2.24) is 0 Å². The first-order valence-electron chi connectivity index (χ1n) is 4.12. The van der Waals surface area contributed by atoms with E-state index in [-0.39, 0.29) is 12.4 Å². The lowest BCUT2D eigenvalue weighted by Crippen LogP contribution is -2.42. The van der Waals surface area contributed by atoms with Gasteiger partial charge in [-0.3, -0.25) is 0 Å². The maximum absolute atomic E-state index is 11.4. The summed E-state index contributed by atoms with van der Waals surface area (Å²) in [6.07, 6.45) is 0. The SMILES string of the molecule is COC(=O)C(C)(N)c1ccccc1Br.Cl. The number of rotatable bonds is 2. The Kier molecular flexibility index (Phi) is 5.28. The van der Waals surface area contributed by atoms with E-state index in [1.165, 1.54) is 7.11 Å². The third-order valence-electron chi connectivity index (χ3n) is 2.04. The summed E-state index contributed by atoms with van der Waals surface area (Å²) >= 11 is 3.34. The molecule has 0 radical (unpaired) electrons. The van der Waals surface area contributed by atoms with Crippen molar-refractivity contribution in [3.8, 4) is 0 Å². The molecule has 0 heterocycles. The van der Waals surface area contributed by atoms with Crippen LogP contribution in [0.4, 0.5) is 0 Å². The highest BCUT2D eigenvalue weighted by Gasteiger charge is 2.33. The molecule has 0 aromatic heterocycles. The highest BCUT2D eigenvalue weighted by atomic mass is 79.9. The van der Waals surface area contributed by atoms with Crippen LogP contribution in [0.25, 0.3) is 0 Å². The van der Waals surface area contributed by atoms with Crippen LogP contribution in [0.5, 0.6) is 0 Å². The largest absolute Gasteiger partial charge is 0.467 e. The standard InChI is InChI=1S/C10H12BrNO2.ClH/c1-10(12,9(13)14-2)7-5-3-4-6-8(7)11;/h3-6H,12H2,1-2H3;1H. The Labute approximate surface area is 104 Å². The number of benzene rings is 1. The molecule has 0 saturated heterocycles. The molecular formula is C10H13BrClNO2. The highest BCUT2D eigenvalue weighted by Crippen LogP contribution is 2.26. The third kappa shape index (κ3) is 2.93. The zero-order valence-corrected chi connectivity index (χ0v) is 10.9. The molecule has 0 saturated carbocycles. The normalized spacial score (nSPS) is 13.6. The summed E-state index contributed by atoms with van der Waals surface area (Å²) in [5.74, 6) is -0.454. The first-order chi connectivity index (χ1) is 6.50. The number of carbonyl (C=O) groups is 1. The van der Waals surface area contributed by atoms with Crippen LogP contribution in [0.15, 0.2) is 28.7 Å². The molecule has 0 bridgehead atoms. The second kappa shape index (κ2) is 5.49. The van der Waals surface area contributed by atoms with E-state index in [0.29, 0.717) is 5.56 Å². The molecular weight excluding hydrogens is 281 g/mol. The van der Waals surface area contributed by atoms with Crippen LogP contribution in [0.2, 0.25) is 0 Å². The van der Waals surface area contributed by atoms with Crippen molar-refractivity contribution in [2.45, 2.75) is 12.5 Å². The monoisotopic (exact) mass is 293 g/mol. The van der Waals surface area contributed by atoms with Gasteiger partial charge in [0.25, 0.3) is 0 Å². The maximum Gasteiger partial charge on any atom is 0.330 e. The summed E-state index contributed by atoms with van der Waals surface area (Å²) in [5.41, 5.74) is 5.49. The molecule has 84 valence electrons. The fourth-order valence-electron chi connectivity index (χ4n) is 1.20. The molecule has 1 rings (SSSR count). The van der Waals surface area contributed by atoms with Gasteiger partial charge < -0.3 is 10.5 Å². The first kappa shape index (κ1) is 14.4. The minimum atomic E-state index is -1.12. The van der Waals surface area contributed by atoms with E-state index < -0.39 is 11.5 Å². The van der Waals surface area contributed by atoms with Crippen LogP contribution in [-0.4, -0.2) is 13.1 Å². The molecule has 0 aliphatic carbocycles. The number of hydrogen-bond donors (Lipinski definition) is 1. The molecule has 5 heteroatoms. The fraction of sp³-hybridized carbons (Fsp3) is 0.300. The molecule has 0 fully saturated rings. The van der Waals surface area contributed by atoms with Crippen LogP contribution in [0.1, 0.15) is 12.5 Å². The molecule has 1 atom stereocenters. The second-order valence-electron chi connectivity index (χ2n) is 3.17. The Morgan fingerprint density at radius 3 is 2.47 bits per heavy atom. The van der Waals surface area contributed by atoms with Crippen molar-refractivity contribution >= 4 is 34.3 Å². The van der Waals surface area contributed by atoms with Gasteiger partial charge in [0.2, 0.25) is 0 Å². The van der Waals surface area contributed by atoms with Crippen molar-refractivity contribution in [3.63, 3.8) is 0 Å². The van der Waals surface area contributed by atoms with E-state index in [2.05, 4.69) is 20.7 Å². The second-order valence-corrected chi connectivity index (χ2v) is 4.03. The smallest absolute Gasteiger partial charge is 0.330 e. The van der Waals surface area contributed by atoms with Crippen molar-refractivity contribution in [2.75, 3.05) is 7.11 Å². The molecule has 0 amide bonds. The molecule has 3 nitrogen and oxygen atoms in total. The minimum Gasteiger partial charge on any atom is -0.467 e. The fourth-order valence-corrected chi connectivity index (χ4v) is 1.90. The number of esters is 1. The zero-order chi connectivity index (χ0) is 10.8. The Hall–Kier alpha value is -0.580. The van der Waals surface area contributed by atoms with E-state index >= 15 is 0 Å². The summed E-state index contributed by atoms with van der Waals surface area (Å²) in [4.78, 5) is 11.4. The lowest BCUT2D eigenvalue weighted by Gasteiger charge is -2.22. The average molecular weight is 295 g/mol. The van der Waals surface area contributed by atoms with Crippen LogP contribution in [0.3, 0.4) is 0 Å². The molecule has 2 N–H and O–H groups in total. The van der Waals surface area contributed by atoms with Gasteiger partial charge in [-0.05, 0) is 18.6 Å². The zero-order valence-electron chi connectivity index (χ0n) is 8.49. The predicted octanol–water partition coefficient (Wildman–Crippen LogP) is 2.22. The summed E-state index contributed by atoms with van der Waals surface area (Å²) < 4.78 is 5.44. The van der Waals surface area contributed by atoms with Gasteiger partial charge in [0.05, 0.1) is 7.11 Å².